The molecule has 3 unspecified atom stereocenters. The molecule has 3 heterocycles. The highest BCUT2D eigenvalue weighted by Crippen LogP contribution is 2.28. The number of fused-ring (bicyclic) bond motifs is 2. The van der Waals surface area contributed by atoms with Gasteiger partial charge < -0.3 is 15.1 Å². The first-order valence-corrected chi connectivity index (χ1v) is 9.14. The second-order valence-electron chi connectivity index (χ2n) is 7.43. The van der Waals surface area contributed by atoms with Gasteiger partial charge in [0.15, 0.2) is 0 Å². The van der Waals surface area contributed by atoms with E-state index in [0.29, 0.717) is 18.0 Å². The predicted molar refractivity (Wildman–Crippen MR) is 89.0 cm³/mol. The Kier molecular flexibility index (Phi) is 5.24. The Bertz CT molecular complexity index is 389. The van der Waals surface area contributed by atoms with Gasteiger partial charge in [-0.3, -0.25) is 4.90 Å². The summed E-state index contributed by atoms with van der Waals surface area (Å²) in [6.45, 7) is 8.47. The second kappa shape index (κ2) is 7.18. The predicted octanol–water partition coefficient (Wildman–Crippen LogP) is 1.60. The third kappa shape index (κ3) is 3.57. The van der Waals surface area contributed by atoms with Crippen LogP contribution in [0.25, 0.3) is 0 Å². The smallest absolute Gasteiger partial charge is 0.317 e. The molecule has 0 aromatic heterocycles. The molecule has 1 N–H and O–H groups in total. The normalized spacial score (nSPS) is 33.2. The molecule has 3 fully saturated rings. The minimum atomic E-state index is 0.162. The van der Waals surface area contributed by atoms with Crippen LogP contribution >= 0.6 is 0 Å². The van der Waals surface area contributed by atoms with Crippen molar-refractivity contribution in [1.29, 1.82) is 0 Å². The van der Waals surface area contributed by atoms with Crippen LogP contribution in [-0.4, -0.2) is 79.1 Å². The van der Waals surface area contributed by atoms with Crippen molar-refractivity contribution in [2.75, 3.05) is 46.3 Å². The molecule has 3 aliphatic heterocycles. The lowest BCUT2D eigenvalue weighted by Gasteiger charge is -2.26. The fraction of sp³-hybridized carbons (Fsp3) is 0.941. The molecule has 0 radical (unpaired) electrons. The molecular formula is C17H32N4O. The molecule has 126 valence electrons. The number of hydrogen-bond donors (Lipinski definition) is 1. The van der Waals surface area contributed by atoms with Gasteiger partial charge in [0.2, 0.25) is 0 Å². The Balaban J connectivity index is 1.43. The molecule has 5 heteroatoms. The van der Waals surface area contributed by atoms with Gasteiger partial charge in [-0.25, -0.2) is 4.79 Å². The summed E-state index contributed by atoms with van der Waals surface area (Å²) in [4.78, 5) is 19.6. The molecule has 3 saturated heterocycles. The zero-order chi connectivity index (χ0) is 15.5. The lowest BCUT2D eigenvalue weighted by atomic mass is 10.1. The minimum absolute atomic E-state index is 0.162. The van der Waals surface area contributed by atoms with Crippen LogP contribution in [0.5, 0.6) is 0 Å². The maximum atomic E-state index is 12.5. The zero-order valence-corrected chi connectivity index (χ0v) is 14.3. The number of hydrogen-bond acceptors (Lipinski definition) is 3. The van der Waals surface area contributed by atoms with Gasteiger partial charge in [0.1, 0.15) is 0 Å². The largest absolute Gasteiger partial charge is 0.338 e. The molecule has 5 nitrogen and oxygen atoms in total. The Morgan fingerprint density at radius 2 is 1.91 bits per heavy atom. The lowest BCUT2D eigenvalue weighted by molar-refractivity contribution is 0.186. The van der Waals surface area contributed by atoms with E-state index >= 15 is 0 Å². The van der Waals surface area contributed by atoms with Gasteiger partial charge >= 0.3 is 6.03 Å². The summed E-state index contributed by atoms with van der Waals surface area (Å²) >= 11 is 0. The molecule has 3 aliphatic rings. The maximum absolute atomic E-state index is 12.5. The van der Waals surface area contributed by atoms with Crippen molar-refractivity contribution in [3.05, 3.63) is 0 Å². The quantitative estimate of drug-likeness (QED) is 0.857. The van der Waals surface area contributed by atoms with Gasteiger partial charge in [-0.15, -0.1) is 0 Å². The van der Waals surface area contributed by atoms with E-state index in [1.165, 1.54) is 38.8 Å². The number of rotatable bonds is 4. The fourth-order valence-corrected chi connectivity index (χ4v) is 4.44. The second-order valence-corrected chi connectivity index (χ2v) is 7.43. The number of nitrogens with zero attached hydrogens (tertiary/aromatic N) is 3. The summed E-state index contributed by atoms with van der Waals surface area (Å²) in [5.74, 6) is 0.640. The topological polar surface area (TPSA) is 38.8 Å². The number of carbonyl (C=O) groups excluding carboxylic acids is 1. The molecule has 22 heavy (non-hydrogen) atoms. The SMILES string of the molecule is CCCN1CCC(CNC(=O)N2CCC3CCC(C2)N3C)C1. The number of likely N-dealkylation sites (N-methyl/N-ethyl adjacent to an activating group) is 1. The molecule has 3 rings (SSSR count). The van der Waals surface area contributed by atoms with Crippen LogP contribution in [0.15, 0.2) is 0 Å². The molecule has 2 amide bonds. The Labute approximate surface area is 135 Å². The molecule has 2 bridgehead atoms. The summed E-state index contributed by atoms with van der Waals surface area (Å²) in [6, 6.07) is 1.43. The average molecular weight is 308 g/mol. The van der Waals surface area contributed by atoms with E-state index in [0.717, 1.165) is 32.6 Å². The molecule has 0 saturated carbocycles. The summed E-state index contributed by atoms with van der Waals surface area (Å²) in [5.41, 5.74) is 0. The van der Waals surface area contributed by atoms with Crippen LogP contribution in [0.4, 0.5) is 4.79 Å². The first kappa shape index (κ1) is 16.1. The Hall–Kier alpha value is -0.810. The van der Waals surface area contributed by atoms with Gasteiger partial charge in [0, 0.05) is 38.3 Å². The number of amides is 2. The van der Waals surface area contributed by atoms with Crippen LogP contribution in [0.1, 0.15) is 39.0 Å². The lowest BCUT2D eigenvalue weighted by Crippen LogP contribution is -2.46. The van der Waals surface area contributed by atoms with E-state index in [9.17, 15) is 4.79 Å². The monoisotopic (exact) mass is 308 g/mol. The molecular weight excluding hydrogens is 276 g/mol. The minimum Gasteiger partial charge on any atom is -0.338 e. The highest BCUT2D eigenvalue weighted by Gasteiger charge is 2.36. The van der Waals surface area contributed by atoms with Crippen LogP contribution in [0.3, 0.4) is 0 Å². The van der Waals surface area contributed by atoms with E-state index in [1.807, 2.05) is 0 Å². The van der Waals surface area contributed by atoms with Gasteiger partial charge in [-0.1, -0.05) is 6.92 Å². The van der Waals surface area contributed by atoms with Crippen molar-refractivity contribution in [2.24, 2.45) is 5.92 Å². The number of likely N-dealkylation sites (tertiary alicyclic amines) is 2. The summed E-state index contributed by atoms with van der Waals surface area (Å²) < 4.78 is 0. The van der Waals surface area contributed by atoms with E-state index in [1.54, 1.807) is 0 Å². The molecule has 0 aromatic rings. The molecule has 0 aliphatic carbocycles. The highest BCUT2D eigenvalue weighted by atomic mass is 16.2. The standard InChI is InChI=1S/C17H32N4O/c1-3-8-20-9-6-14(12-20)11-18-17(22)21-10-7-15-4-5-16(13-21)19(15)2/h14-16H,3-13H2,1-2H3,(H,18,22). The molecule has 0 spiro atoms. The fourth-order valence-electron chi connectivity index (χ4n) is 4.44. The Morgan fingerprint density at radius 3 is 2.73 bits per heavy atom. The van der Waals surface area contributed by atoms with Gasteiger partial charge in [-0.2, -0.15) is 0 Å². The van der Waals surface area contributed by atoms with Crippen LogP contribution < -0.4 is 5.32 Å². The number of carbonyl (C=O) groups is 1. The molecule has 0 aromatic carbocycles. The number of urea groups is 1. The summed E-state index contributed by atoms with van der Waals surface area (Å²) in [7, 11) is 2.23. The molecule has 3 atom stereocenters. The van der Waals surface area contributed by atoms with Crippen molar-refractivity contribution in [3.8, 4) is 0 Å². The van der Waals surface area contributed by atoms with Gasteiger partial charge in [0.05, 0.1) is 0 Å². The average Bonchev–Trinajstić information content (AvgIpc) is 3.02. The third-order valence-electron chi connectivity index (χ3n) is 5.89. The Morgan fingerprint density at radius 1 is 1.09 bits per heavy atom. The van der Waals surface area contributed by atoms with Gasteiger partial charge in [-0.05, 0) is 58.2 Å². The van der Waals surface area contributed by atoms with Crippen molar-refractivity contribution in [2.45, 2.75) is 51.1 Å². The van der Waals surface area contributed by atoms with Crippen molar-refractivity contribution in [1.82, 2.24) is 20.0 Å². The van der Waals surface area contributed by atoms with E-state index < -0.39 is 0 Å². The summed E-state index contributed by atoms with van der Waals surface area (Å²) in [6.07, 6.45) is 6.15. The van der Waals surface area contributed by atoms with Crippen molar-refractivity contribution < 1.29 is 4.79 Å². The van der Waals surface area contributed by atoms with Crippen LogP contribution in [-0.2, 0) is 0 Å². The van der Waals surface area contributed by atoms with Gasteiger partial charge in [0.25, 0.3) is 0 Å². The maximum Gasteiger partial charge on any atom is 0.317 e. The first-order valence-electron chi connectivity index (χ1n) is 9.14. The summed E-state index contributed by atoms with van der Waals surface area (Å²) in [5, 5.41) is 3.20. The zero-order valence-electron chi connectivity index (χ0n) is 14.3. The first-order chi connectivity index (χ1) is 10.7. The van der Waals surface area contributed by atoms with Crippen LogP contribution in [0.2, 0.25) is 0 Å². The van der Waals surface area contributed by atoms with E-state index in [-0.39, 0.29) is 6.03 Å². The number of nitrogens with one attached hydrogen (secondary N) is 1. The highest BCUT2D eigenvalue weighted by molar-refractivity contribution is 5.74. The van der Waals surface area contributed by atoms with E-state index in [2.05, 4.69) is 34.0 Å². The van der Waals surface area contributed by atoms with E-state index in [4.69, 9.17) is 0 Å². The van der Waals surface area contributed by atoms with Crippen molar-refractivity contribution >= 4 is 6.03 Å². The van der Waals surface area contributed by atoms with Crippen LogP contribution in [0, 0.1) is 5.92 Å². The van der Waals surface area contributed by atoms with Crippen molar-refractivity contribution in [3.63, 3.8) is 0 Å². The third-order valence-corrected chi connectivity index (χ3v) is 5.89.